The van der Waals surface area contributed by atoms with Crippen LogP contribution < -0.4 is 5.73 Å². The average Bonchev–Trinajstić information content (AvgIpc) is 1.87. The summed E-state index contributed by atoms with van der Waals surface area (Å²) < 4.78 is 0.580. The van der Waals surface area contributed by atoms with Crippen molar-refractivity contribution < 1.29 is 0 Å². The van der Waals surface area contributed by atoms with Crippen molar-refractivity contribution >= 4 is 79.7 Å². The van der Waals surface area contributed by atoms with Gasteiger partial charge in [-0.1, -0.05) is 50.2 Å². The van der Waals surface area contributed by atoms with E-state index in [1.54, 1.807) is 11.8 Å². The molecule has 11 heavy (non-hydrogen) atoms. The van der Waals surface area contributed by atoms with Crippen LogP contribution in [-0.2, 0) is 0 Å². The molecule has 62 valence electrons. The fourth-order valence-electron chi connectivity index (χ4n) is 0.702. The number of unbranched alkanes of at least 4 members (excludes halogenated alkanes) is 3. The second-order valence-electron chi connectivity index (χ2n) is 2.23. The fraction of sp³-hybridized carbons (Fsp3) is 0.857. The maximum atomic E-state index is 5.30. The summed E-state index contributed by atoms with van der Waals surface area (Å²) in [5.41, 5.74) is 5.30. The second-order valence-corrected chi connectivity index (χ2v) is 4.06. The summed E-state index contributed by atoms with van der Waals surface area (Å²) in [6.07, 6.45) is 5.18. The Morgan fingerprint density at radius 2 is 2.00 bits per heavy atom. The summed E-state index contributed by atoms with van der Waals surface area (Å²) in [7, 11) is 0. The van der Waals surface area contributed by atoms with Gasteiger partial charge in [-0.2, -0.15) is 0 Å². The monoisotopic (exact) mass is 217 g/mol. The van der Waals surface area contributed by atoms with Crippen LogP contribution >= 0.6 is 24.0 Å². The molecule has 0 aromatic rings. The molecule has 0 rings (SSSR count). The van der Waals surface area contributed by atoms with Gasteiger partial charge in [0.15, 0.2) is 0 Å². The first-order valence-electron chi connectivity index (χ1n) is 3.69. The van der Waals surface area contributed by atoms with Crippen molar-refractivity contribution in [2.45, 2.75) is 32.6 Å². The van der Waals surface area contributed by atoms with Crippen LogP contribution in [0.15, 0.2) is 0 Å². The van der Waals surface area contributed by atoms with Gasteiger partial charge >= 0.3 is 51.4 Å². The van der Waals surface area contributed by atoms with Crippen LogP contribution in [0.4, 0.5) is 0 Å². The standard InChI is InChI=1S/C7H15NS2.K.H/c1-2-3-4-5-6-10-7(8)9;;/h2-6H2,1H3,(H2,8,9);;. The van der Waals surface area contributed by atoms with Gasteiger partial charge in [-0.15, -0.1) is 0 Å². The Balaban J connectivity index is 0. The van der Waals surface area contributed by atoms with E-state index in [4.69, 9.17) is 18.0 Å². The summed E-state index contributed by atoms with van der Waals surface area (Å²) in [6, 6.07) is 0. The summed E-state index contributed by atoms with van der Waals surface area (Å²) in [5.74, 6) is 1.09. The Labute approximate surface area is 122 Å². The zero-order valence-electron chi connectivity index (χ0n) is 6.43. The molecule has 0 saturated carbocycles. The molecular weight excluding hydrogens is 201 g/mol. The summed E-state index contributed by atoms with van der Waals surface area (Å²) in [4.78, 5) is 0. The van der Waals surface area contributed by atoms with E-state index in [1.807, 2.05) is 0 Å². The van der Waals surface area contributed by atoms with Crippen LogP contribution in [0, 0.1) is 0 Å². The Bertz CT molecular complexity index is 98.4. The van der Waals surface area contributed by atoms with Crippen LogP contribution in [-0.4, -0.2) is 61.5 Å². The molecule has 0 fully saturated rings. The summed E-state index contributed by atoms with van der Waals surface area (Å²) >= 11 is 6.31. The van der Waals surface area contributed by atoms with Gasteiger partial charge in [-0.25, -0.2) is 0 Å². The molecule has 0 radical (unpaired) electrons. The minimum atomic E-state index is 0. The normalized spacial score (nSPS) is 8.82. The molecule has 0 aliphatic heterocycles. The van der Waals surface area contributed by atoms with E-state index in [1.165, 1.54) is 25.7 Å². The van der Waals surface area contributed by atoms with Crippen LogP contribution in [0.2, 0.25) is 0 Å². The van der Waals surface area contributed by atoms with Crippen LogP contribution in [0.1, 0.15) is 32.6 Å². The van der Waals surface area contributed by atoms with E-state index in [2.05, 4.69) is 6.92 Å². The number of thioether (sulfide) groups is 1. The van der Waals surface area contributed by atoms with Crippen molar-refractivity contribution in [3.63, 3.8) is 0 Å². The predicted octanol–water partition coefficient (Wildman–Crippen LogP) is 1.90. The van der Waals surface area contributed by atoms with Crippen molar-refractivity contribution in [1.29, 1.82) is 0 Å². The van der Waals surface area contributed by atoms with Gasteiger partial charge in [0, 0.05) is 5.75 Å². The van der Waals surface area contributed by atoms with E-state index in [0.29, 0.717) is 4.32 Å². The van der Waals surface area contributed by atoms with E-state index in [-0.39, 0.29) is 51.4 Å². The Hall–Kier alpha value is 1.88. The zero-order chi connectivity index (χ0) is 7.82. The first-order valence-corrected chi connectivity index (χ1v) is 5.09. The predicted molar refractivity (Wildman–Crippen MR) is 60.5 cm³/mol. The van der Waals surface area contributed by atoms with Gasteiger partial charge in [0.2, 0.25) is 0 Å². The van der Waals surface area contributed by atoms with E-state index < -0.39 is 0 Å². The Kier molecular flexibility index (Phi) is 16.6. The fourth-order valence-corrected chi connectivity index (χ4v) is 1.50. The van der Waals surface area contributed by atoms with Gasteiger partial charge in [-0.3, -0.25) is 0 Å². The molecule has 0 heterocycles. The van der Waals surface area contributed by atoms with Crippen molar-refractivity contribution in [2.24, 2.45) is 5.73 Å². The van der Waals surface area contributed by atoms with E-state index in [9.17, 15) is 0 Å². The third-order valence-electron chi connectivity index (χ3n) is 1.24. The molecule has 2 N–H and O–H groups in total. The molecule has 0 amide bonds. The zero-order valence-corrected chi connectivity index (χ0v) is 8.06. The third kappa shape index (κ3) is 14.7. The van der Waals surface area contributed by atoms with Crippen LogP contribution in [0.25, 0.3) is 0 Å². The number of hydrogen-bond donors (Lipinski definition) is 1. The first-order chi connectivity index (χ1) is 4.77. The molecule has 0 aliphatic rings. The quantitative estimate of drug-likeness (QED) is 0.433. The molecule has 0 aliphatic carbocycles. The van der Waals surface area contributed by atoms with Gasteiger partial charge in [0.25, 0.3) is 0 Å². The first kappa shape index (κ1) is 15.4. The molecule has 1 nitrogen and oxygen atoms in total. The van der Waals surface area contributed by atoms with Crippen molar-refractivity contribution in [3.05, 3.63) is 0 Å². The number of rotatable bonds is 5. The Morgan fingerprint density at radius 1 is 1.36 bits per heavy atom. The number of hydrogen-bond acceptors (Lipinski definition) is 2. The SMILES string of the molecule is CCCCCCSC(N)=S.[KH]. The third-order valence-corrected chi connectivity index (χ3v) is 2.37. The van der Waals surface area contributed by atoms with E-state index >= 15 is 0 Å². The molecule has 4 heteroatoms. The van der Waals surface area contributed by atoms with Crippen molar-refractivity contribution in [3.8, 4) is 0 Å². The van der Waals surface area contributed by atoms with Crippen LogP contribution in [0.3, 0.4) is 0 Å². The Morgan fingerprint density at radius 3 is 2.45 bits per heavy atom. The summed E-state index contributed by atoms with van der Waals surface area (Å²) in [6.45, 7) is 2.21. The molecule has 0 aromatic heterocycles. The topological polar surface area (TPSA) is 26.0 Å². The maximum absolute atomic E-state index is 5.30. The molecule has 0 saturated heterocycles. The second kappa shape index (κ2) is 11.9. The summed E-state index contributed by atoms with van der Waals surface area (Å²) in [5, 5.41) is 0. The van der Waals surface area contributed by atoms with Gasteiger partial charge in [0.05, 0.1) is 0 Å². The van der Waals surface area contributed by atoms with Gasteiger partial charge in [0.1, 0.15) is 4.32 Å². The van der Waals surface area contributed by atoms with Crippen molar-refractivity contribution in [2.75, 3.05) is 5.75 Å². The van der Waals surface area contributed by atoms with Crippen molar-refractivity contribution in [1.82, 2.24) is 0 Å². The number of thiocarbonyl (C=S) groups is 1. The van der Waals surface area contributed by atoms with Gasteiger partial charge < -0.3 is 5.73 Å². The van der Waals surface area contributed by atoms with E-state index in [0.717, 1.165) is 5.75 Å². The molecule has 0 unspecified atom stereocenters. The van der Waals surface area contributed by atoms with Gasteiger partial charge in [-0.05, 0) is 6.42 Å². The van der Waals surface area contributed by atoms with Crippen LogP contribution in [0.5, 0.6) is 0 Å². The minimum absolute atomic E-state index is 0. The molecule has 0 bridgehead atoms. The molecule has 0 atom stereocenters. The molecular formula is C7H16KNS2. The number of nitrogens with two attached hydrogens (primary N) is 1. The average molecular weight is 217 g/mol. The molecule has 0 aromatic carbocycles. The molecule has 0 spiro atoms.